The van der Waals surface area contributed by atoms with E-state index in [1.807, 2.05) is 38.3 Å². The van der Waals surface area contributed by atoms with E-state index in [0.717, 1.165) is 26.0 Å². The first kappa shape index (κ1) is 16.2. The third-order valence-corrected chi connectivity index (χ3v) is 6.82. The molecule has 1 N–H and O–H groups in total. The number of thiazole rings is 1. The molecule has 0 aliphatic heterocycles. The zero-order valence-electron chi connectivity index (χ0n) is 13.0. The predicted molar refractivity (Wildman–Crippen MR) is 96.9 cm³/mol. The lowest BCUT2D eigenvalue weighted by molar-refractivity contribution is 0.601. The number of aryl methyl sites for hydroxylation is 3. The second-order valence-corrected chi connectivity index (χ2v) is 9.22. The van der Waals surface area contributed by atoms with Crippen LogP contribution in [0.15, 0.2) is 40.6 Å². The van der Waals surface area contributed by atoms with Crippen LogP contribution in [-0.4, -0.2) is 13.4 Å². The van der Waals surface area contributed by atoms with E-state index >= 15 is 0 Å². The molecule has 3 rings (SSSR count). The molecular weight excluding hydrogens is 348 g/mol. The molecule has 3 aromatic rings. The highest BCUT2D eigenvalue weighted by Gasteiger charge is 2.21. The molecule has 0 atom stereocenters. The number of benzene rings is 1. The summed E-state index contributed by atoms with van der Waals surface area (Å²) in [5, 5.41) is 2.91. The Morgan fingerprint density at radius 2 is 1.78 bits per heavy atom. The van der Waals surface area contributed by atoms with Gasteiger partial charge in [-0.1, -0.05) is 17.7 Å². The van der Waals surface area contributed by atoms with E-state index in [4.69, 9.17) is 0 Å². The number of hydrogen-bond acceptors (Lipinski definition) is 5. The van der Waals surface area contributed by atoms with Gasteiger partial charge in [0.15, 0.2) is 0 Å². The quantitative estimate of drug-likeness (QED) is 0.736. The second-order valence-electron chi connectivity index (χ2n) is 5.25. The van der Waals surface area contributed by atoms with Gasteiger partial charge in [-0.3, -0.25) is 4.72 Å². The van der Waals surface area contributed by atoms with Crippen molar-refractivity contribution in [3.05, 3.63) is 51.2 Å². The first-order valence-electron chi connectivity index (χ1n) is 6.97. The highest BCUT2D eigenvalue weighted by molar-refractivity contribution is 7.93. The lowest BCUT2D eigenvalue weighted by atomic mass is 10.2. The maximum absolute atomic E-state index is 12.6. The van der Waals surface area contributed by atoms with Crippen molar-refractivity contribution in [3.63, 3.8) is 0 Å². The summed E-state index contributed by atoms with van der Waals surface area (Å²) in [6.07, 6.45) is 0. The van der Waals surface area contributed by atoms with Crippen LogP contribution in [0.1, 0.15) is 15.4 Å². The lowest BCUT2D eigenvalue weighted by Crippen LogP contribution is -2.13. The van der Waals surface area contributed by atoms with Crippen molar-refractivity contribution in [2.75, 3.05) is 4.72 Å². The zero-order valence-corrected chi connectivity index (χ0v) is 15.4. The molecule has 0 saturated carbocycles. The van der Waals surface area contributed by atoms with Crippen molar-refractivity contribution in [2.45, 2.75) is 25.7 Å². The van der Waals surface area contributed by atoms with E-state index < -0.39 is 10.0 Å². The summed E-state index contributed by atoms with van der Waals surface area (Å²) < 4.78 is 27.9. The van der Waals surface area contributed by atoms with Gasteiger partial charge in [0.2, 0.25) is 0 Å². The first-order chi connectivity index (χ1) is 10.8. The number of thiophene rings is 1. The summed E-state index contributed by atoms with van der Waals surface area (Å²) in [6.45, 7) is 5.71. The fourth-order valence-corrected chi connectivity index (χ4v) is 5.47. The minimum Gasteiger partial charge on any atom is -0.280 e. The molecule has 0 amide bonds. The maximum atomic E-state index is 12.6. The predicted octanol–water partition coefficient (Wildman–Crippen LogP) is 4.60. The van der Waals surface area contributed by atoms with Gasteiger partial charge in [-0.2, -0.15) is 0 Å². The topological polar surface area (TPSA) is 59.1 Å². The Morgan fingerprint density at radius 1 is 1.09 bits per heavy atom. The Labute approximate surface area is 143 Å². The summed E-state index contributed by atoms with van der Waals surface area (Å²) in [7, 11) is -3.60. The molecule has 7 heteroatoms. The van der Waals surface area contributed by atoms with Gasteiger partial charge in [0, 0.05) is 15.9 Å². The van der Waals surface area contributed by atoms with Gasteiger partial charge in [0.05, 0.1) is 15.6 Å². The van der Waals surface area contributed by atoms with E-state index in [0.29, 0.717) is 10.6 Å². The average Bonchev–Trinajstić information content (AvgIpc) is 3.07. The summed E-state index contributed by atoms with van der Waals surface area (Å²) in [5.74, 6) is 0. The number of rotatable bonds is 4. The Kier molecular flexibility index (Phi) is 4.27. The van der Waals surface area contributed by atoms with Gasteiger partial charge in [-0.15, -0.1) is 22.7 Å². The Balaban J connectivity index is 1.94. The zero-order chi connectivity index (χ0) is 16.6. The molecule has 2 aromatic heterocycles. The van der Waals surface area contributed by atoms with Crippen LogP contribution in [0.2, 0.25) is 0 Å². The smallest absolute Gasteiger partial charge is 0.263 e. The monoisotopic (exact) mass is 364 g/mol. The van der Waals surface area contributed by atoms with Crippen LogP contribution in [-0.2, 0) is 10.0 Å². The van der Waals surface area contributed by atoms with E-state index in [1.54, 1.807) is 29.5 Å². The minimum atomic E-state index is -3.60. The van der Waals surface area contributed by atoms with E-state index in [2.05, 4.69) is 9.71 Å². The summed E-state index contributed by atoms with van der Waals surface area (Å²) in [4.78, 5) is 6.36. The molecule has 4 nitrogen and oxygen atoms in total. The molecule has 0 aliphatic rings. The van der Waals surface area contributed by atoms with Crippen molar-refractivity contribution in [1.82, 2.24) is 4.98 Å². The van der Waals surface area contributed by atoms with Crippen molar-refractivity contribution in [2.24, 2.45) is 0 Å². The second kappa shape index (κ2) is 6.07. The molecule has 0 saturated heterocycles. The number of hydrogen-bond donors (Lipinski definition) is 1. The Hall–Kier alpha value is -1.70. The first-order valence-corrected chi connectivity index (χ1v) is 10.2. The highest BCUT2D eigenvalue weighted by atomic mass is 32.2. The molecule has 120 valence electrons. The Morgan fingerprint density at radius 3 is 2.39 bits per heavy atom. The van der Waals surface area contributed by atoms with E-state index in [-0.39, 0.29) is 0 Å². The van der Waals surface area contributed by atoms with Crippen LogP contribution in [0.4, 0.5) is 5.69 Å². The van der Waals surface area contributed by atoms with Gasteiger partial charge in [0.1, 0.15) is 4.90 Å². The van der Waals surface area contributed by atoms with Crippen molar-refractivity contribution in [1.29, 1.82) is 0 Å². The number of anilines is 1. The third-order valence-electron chi connectivity index (χ3n) is 3.34. The Bertz CT molecular complexity index is 938. The standard InChI is InChI=1S/C16H16N2O2S3/c1-10-4-6-13(7-5-10)18-23(19,20)16-8-15(22-11(16)2)14-9-21-12(3)17-14/h4-9,18H,1-3H3. The van der Waals surface area contributed by atoms with Gasteiger partial charge < -0.3 is 0 Å². The normalized spacial score (nSPS) is 11.6. The number of nitrogens with zero attached hydrogens (tertiary/aromatic N) is 1. The van der Waals surface area contributed by atoms with E-state index in [1.165, 1.54) is 11.3 Å². The molecule has 2 heterocycles. The van der Waals surface area contributed by atoms with Gasteiger partial charge in [-0.25, -0.2) is 13.4 Å². The number of nitrogens with one attached hydrogen (secondary N) is 1. The minimum absolute atomic E-state index is 0.309. The molecule has 1 aromatic carbocycles. The van der Waals surface area contributed by atoms with Crippen molar-refractivity contribution >= 4 is 38.4 Å². The SMILES string of the molecule is Cc1ccc(NS(=O)(=O)c2cc(-c3csc(C)n3)sc2C)cc1. The van der Waals surface area contributed by atoms with Gasteiger partial charge >= 0.3 is 0 Å². The average molecular weight is 365 g/mol. The number of aromatic nitrogens is 1. The summed E-state index contributed by atoms with van der Waals surface area (Å²) in [6, 6.07) is 8.98. The van der Waals surface area contributed by atoms with Gasteiger partial charge in [0.25, 0.3) is 10.0 Å². The summed E-state index contributed by atoms with van der Waals surface area (Å²) >= 11 is 3.00. The van der Waals surface area contributed by atoms with Crippen LogP contribution < -0.4 is 4.72 Å². The van der Waals surface area contributed by atoms with Crippen LogP contribution in [0.25, 0.3) is 10.6 Å². The lowest BCUT2D eigenvalue weighted by Gasteiger charge is -2.07. The van der Waals surface area contributed by atoms with Crippen LogP contribution in [0.3, 0.4) is 0 Å². The molecule has 0 unspecified atom stereocenters. The molecular formula is C16H16N2O2S3. The van der Waals surface area contributed by atoms with Crippen LogP contribution >= 0.6 is 22.7 Å². The molecule has 0 spiro atoms. The molecule has 0 fully saturated rings. The van der Waals surface area contributed by atoms with Crippen molar-refractivity contribution in [3.8, 4) is 10.6 Å². The molecule has 0 radical (unpaired) electrons. The third kappa shape index (κ3) is 3.46. The fraction of sp³-hybridized carbons (Fsp3) is 0.188. The van der Waals surface area contributed by atoms with E-state index in [9.17, 15) is 8.42 Å². The number of sulfonamides is 1. The van der Waals surface area contributed by atoms with Gasteiger partial charge in [-0.05, 0) is 39.0 Å². The highest BCUT2D eigenvalue weighted by Crippen LogP contribution is 2.34. The van der Waals surface area contributed by atoms with Crippen LogP contribution in [0.5, 0.6) is 0 Å². The van der Waals surface area contributed by atoms with Crippen molar-refractivity contribution < 1.29 is 8.42 Å². The maximum Gasteiger partial charge on any atom is 0.263 e. The largest absolute Gasteiger partial charge is 0.280 e. The summed E-state index contributed by atoms with van der Waals surface area (Å²) in [5.41, 5.74) is 2.48. The fourth-order valence-electron chi connectivity index (χ4n) is 2.17. The molecule has 0 bridgehead atoms. The molecule has 0 aliphatic carbocycles. The molecule has 23 heavy (non-hydrogen) atoms. The van der Waals surface area contributed by atoms with Crippen LogP contribution in [0, 0.1) is 20.8 Å².